The van der Waals surface area contributed by atoms with E-state index >= 15 is 0 Å². The summed E-state index contributed by atoms with van der Waals surface area (Å²) in [6, 6.07) is 9.31. The minimum Gasteiger partial charge on any atom is -0.490 e. The standard InChI is InChI=1S/C19H20FN3O2.ClH/c1-2-14-6-3-11-9-13(5-8-17(11)25-14)23-19(24)15-7-4-12(18(21)22)10-16(15)20;/h4-5,7-10,14H,2-3,6H2,1H3,(H3,21,22)(H,23,24);1H. The third kappa shape index (κ3) is 4.14. The zero-order valence-corrected chi connectivity index (χ0v) is 15.2. The van der Waals surface area contributed by atoms with E-state index in [1.807, 2.05) is 12.1 Å². The van der Waals surface area contributed by atoms with Crippen molar-refractivity contribution in [1.82, 2.24) is 0 Å². The van der Waals surface area contributed by atoms with Gasteiger partial charge in [0.2, 0.25) is 0 Å². The minimum atomic E-state index is -0.711. The lowest BCUT2D eigenvalue weighted by atomic mass is 10.0. The molecule has 2 aromatic carbocycles. The number of nitrogens with two attached hydrogens (primary N) is 1. The van der Waals surface area contributed by atoms with Crippen molar-refractivity contribution in [2.24, 2.45) is 5.73 Å². The summed E-state index contributed by atoms with van der Waals surface area (Å²) in [7, 11) is 0. The molecule has 3 rings (SSSR count). The number of ether oxygens (including phenoxy) is 1. The highest BCUT2D eigenvalue weighted by molar-refractivity contribution is 6.05. The number of anilines is 1. The molecule has 4 N–H and O–H groups in total. The molecule has 1 unspecified atom stereocenters. The van der Waals surface area contributed by atoms with E-state index in [0.29, 0.717) is 5.69 Å². The van der Waals surface area contributed by atoms with Gasteiger partial charge >= 0.3 is 0 Å². The zero-order valence-electron chi connectivity index (χ0n) is 14.3. The van der Waals surface area contributed by atoms with Gasteiger partial charge in [0.05, 0.1) is 11.7 Å². The predicted molar refractivity (Wildman–Crippen MR) is 102 cm³/mol. The molecule has 138 valence electrons. The van der Waals surface area contributed by atoms with Crippen molar-refractivity contribution in [3.8, 4) is 5.75 Å². The summed E-state index contributed by atoms with van der Waals surface area (Å²) in [5.74, 6) is -0.660. The van der Waals surface area contributed by atoms with Crippen LogP contribution in [0.3, 0.4) is 0 Å². The van der Waals surface area contributed by atoms with Crippen LogP contribution in [0.4, 0.5) is 10.1 Å². The summed E-state index contributed by atoms with van der Waals surface area (Å²) in [6.45, 7) is 2.09. The fourth-order valence-corrected chi connectivity index (χ4v) is 2.88. The summed E-state index contributed by atoms with van der Waals surface area (Å²) in [5.41, 5.74) is 7.10. The quantitative estimate of drug-likeness (QED) is 0.558. The molecule has 5 nitrogen and oxygen atoms in total. The van der Waals surface area contributed by atoms with Crippen LogP contribution in [0.15, 0.2) is 36.4 Å². The number of fused-ring (bicyclic) bond motifs is 1. The number of amidine groups is 1. The van der Waals surface area contributed by atoms with E-state index in [0.717, 1.165) is 36.6 Å². The normalized spacial score (nSPS) is 15.2. The van der Waals surface area contributed by atoms with Crippen molar-refractivity contribution < 1.29 is 13.9 Å². The second-order valence-corrected chi connectivity index (χ2v) is 6.07. The van der Waals surface area contributed by atoms with Crippen LogP contribution < -0.4 is 15.8 Å². The molecule has 1 aliphatic heterocycles. The highest BCUT2D eigenvalue weighted by Crippen LogP contribution is 2.31. The lowest BCUT2D eigenvalue weighted by Gasteiger charge is -2.25. The average molecular weight is 378 g/mol. The van der Waals surface area contributed by atoms with Gasteiger partial charge in [-0.25, -0.2) is 4.39 Å². The maximum atomic E-state index is 14.1. The largest absolute Gasteiger partial charge is 0.490 e. The number of aryl methyl sites for hydroxylation is 1. The molecule has 0 saturated carbocycles. The number of hydrogen-bond acceptors (Lipinski definition) is 3. The Balaban J connectivity index is 0.00000243. The first-order valence-corrected chi connectivity index (χ1v) is 8.22. The number of halogens is 2. The second-order valence-electron chi connectivity index (χ2n) is 6.07. The number of rotatable bonds is 4. The van der Waals surface area contributed by atoms with Gasteiger partial charge < -0.3 is 15.8 Å². The number of hydrogen-bond donors (Lipinski definition) is 3. The Hall–Kier alpha value is -2.60. The average Bonchev–Trinajstić information content (AvgIpc) is 2.60. The second kappa shape index (κ2) is 8.19. The van der Waals surface area contributed by atoms with E-state index in [2.05, 4.69) is 12.2 Å². The molecule has 0 radical (unpaired) electrons. The number of amides is 1. The van der Waals surface area contributed by atoms with Crippen LogP contribution >= 0.6 is 12.4 Å². The monoisotopic (exact) mass is 377 g/mol. The van der Waals surface area contributed by atoms with Crippen LogP contribution in [-0.4, -0.2) is 17.8 Å². The van der Waals surface area contributed by atoms with Gasteiger partial charge in [-0.15, -0.1) is 12.4 Å². The summed E-state index contributed by atoms with van der Waals surface area (Å²) in [6.07, 6.45) is 3.04. The van der Waals surface area contributed by atoms with E-state index in [1.165, 1.54) is 12.1 Å². The minimum absolute atomic E-state index is 0. The summed E-state index contributed by atoms with van der Waals surface area (Å²) < 4.78 is 20.0. The van der Waals surface area contributed by atoms with Gasteiger partial charge in [-0.3, -0.25) is 10.2 Å². The van der Waals surface area contributed by atoms with Gasteiger partial charge in [-0.2, -0.15) is 0 Å². The van der Waals surface area contributed by atoms with E-state index in [9.17, 15) is 9.18 Å². The Labute approximate surface area is 157 Å². The third-order valence-corrected chi connectivity index (χ3v) is 4.33. The Kier molecular flexibility index (Phi) is 6.21. The van der Waals surface area contributed by atoms with Gasteiger partial charge in [0.1, 0.15) is 17.4 Å². The van der Waals surface area contributed by atoms with Crippen LogP contribution in [0.25, 0.3) is 0 Å². The third-order valence-electron chi connectivity index (χ3n) is 4.33. The Morgan fingerprint density at radius 2 is 2.12 bits per heavy atom. The van der Waals surface area contributed by atoms with E-state index in [-0.39, 0.29) is 35.5 Å². The molecule has 0 spiro atoms. The SMILES string of the molecule is CCC1CCc2cc(NC(=O)c3ccc(C(=N)N)cc3F)ccc2O1.Cl. The molecule has 0 saturated heterocycles. The molecule has 26 heavy (non-hydrogen) atoms. The number of benzene rings is 2. The van der Waals surface area contributed by atoms with E-state index in [1.54, 1.807) is 6.07 Å². The van der Waals surface area contributed by atoms with Gasteiger partial charge in [0.25, 0.3) is 5.91 Å². The molecule has 7 heteroatoms. The van der Waals surface area contributed by atoms with Crippen LogP contribution in [0.1, 0.15) is 41.3 Å². The number of carbonyl (C=O) groups excluding carboxylic acids is 1. The predicted octanol–water partition coefficient (Wildman–Crippen LogP) is 3.89. The van der Waals surface area contributed by atoms with Gasteiger partial charge in [-0.1, -0.05) is 13.0 Å². The Morgan fingerprint density at radius 3 is 2.77 bits per heavy atom. The van der Waals surface area contributed by atoms with Crippen molar-refractivity contribution in [2.75, 3.05) is 5.32 Å². The molecule has 1 heterocycles. The summed E-state index contributed by atoms with van der Waals surface area (Å²) >= 11 is 0. The molecular formula is C19H21ClFN3O2. The number of nitrogen functional groups attached to an aromatic ring is 1. The molecule has 0 bridgehead atoms. The first-order valence-electron chi connectivity index (χ1n) is 8.22. The first kappa shape index (κ1) is 19.7. The molecule has 2 aromatic rings. The van der Waals surface area contributed by atoms with Crippen molar-refractivity contribution in [3.63, 3.8) is 0 Å². The summed E-state index contributed by atoms with van der Waals surface area (Å²) in [4.78, 5) is 12.3. The van der Waals surface area contributed by atoms with Crippen LogP contribution in [-0.2, 0) is 6.42 Å². The lowest BCUT2D eigenvalue weighted by Crippen LogP contribution is -2.22. The van der Waals surface area contributed by atoms with Crippen LogP contribution in [0, 0.1) is 11.2 Å². The van der Waals surface area contributed by atoms with Crippen molar-refractivity contribution in [1.29, 1.82) is 5.41 Å². The van der Waals surface area contributed by atoms with Gasteiger partial charge in [0.15, 0.2) is 0 Å². The first-order chi connectivity index (χ1) is 12.0. The highest BCUT2D eigenvalue weighted by Gasteiger charge is 2.19. The van der Waals surface area contributed by atoms with Crippen molar-refractivity contribution in [2.45, 2.75) is 32.3 Å². The van der Waals surface area contributed by atoms with Crippen LogP contribution in [0.2, 0.25) is 0 Å². The van der Waals surface area contributed by atoms with Crippen LogP contribution in [0.5, 0.6) is 5.75 Å². The summed E-state index contributed by atoms with van der Waals surface area (Å²) in [5, 5.41) is 10.0. The molecular weight excluding hydrogens is 357 g/mol. The van der Waals surface area contributed by atoms with Gasteiger partial charge in [0, 0.05) is 11.3 Å². The highest BCUT2D eigenvalue weighted by atomic mass is 35.5. The lowest BCUT2D eigenvalue weighted by molar-refractivity contribution is 0.102. The topological polar surface area (TPSA) is 88.2 Å². The fourth-order valence-electron chi connectivity index (χ4n) is 2.88. The Morgan fingerprint density at radius 1 is 1.35 bits per heavy atom. The molecule has 0 aromatic heterocycles. The number of nitrogens with one attached hydrogen (secondary N) is 2. The fraction of sp³-hybridized carbons (Fsp3) is 0.263. The molecule has 1 aliphatic rings. The maximum Gasteiger partial charge on any atom is 0.258 e. The van der Waals surface area contributed by atoms with Gasteiger partial charge in [-0.05, 0) is 55.2 Å². The maximum absolute atomic E-state index is 14.1. The van der Waals surface area contributed by atoms with E-state index < -0.39 is 11.7 Å². The van der Waals surface area contributed by atoms with Crippen molar-refractivity contribution >= 4 is 29.8 Å². The van der Waals surface area contributed by atoms with E-state index in [4.69, 9.17) is 15.9 Å². The Bertz CT molecular complexity index is 842. The molecule has 1 amide bonds. The number of carbonyl (C=O) groups is 1. The molecule has 0 aliphatic carbocycles. The van der Waals surface area contributed by atoms with Crippen molar-refractivity contribution in [3.05, 3.63) is 58.9 Å². The smallest absolute Gasteiger partial charge is 0.258 e. The zero-order chi connectivity index (χ0) is 18.0. The molecule has 0 fully saturated rings. The molecule has 1 atom stereocenters.